The first-order valence-electron chi connectivity index (χ1n) is 6.75. The first-order chi connectivity index (χ1) is 9.87. The summed E-state index contributed by atoms with van der Waals surface area (Å²) in [5, 5.41) is 20.6. The zero-order valence-corrected chi connectivity index (χ0v) is 12.6. The monoisotopic (exact) mass is 310 g/mol. The Morgan fingerprint density at radius 1 is 1.48 bits per heavy atom. The van der Waals surface area contributed by atoms with Crippen LogP contribution in [0, 0.1) is 10.1 Å². The molecule has 1 aliphatic rings. The van der Waals surface area contributed by atoms with Gasteiger partial charge < -0.3 is 10.0 Å². The number of carbonyl (C=O) groups is 1. The number of piperidine rings is 1. The molecule has 7 heteroatoms. The van der Waals surface area contributed by atoms with Gasteiger partial charge in [0.25, 0.3) is 5.69 Å². The van der Waals surface area contributed by atoms with Crippen molar-refractivity contribution in [2.75, 3.05) is 18.8 Å². The summed E-state index contributed by atoms with van der Waals surface area (Å²) in [7, 11) is 0. The average molecular weight is 310 g/mol. The topological polar surface area (TPSA) is 83.7 Å². The highest BCUT2D eigenvalue weighted by Gasteiger charge is 2.30. The van der Waals surface area contributed by atoms with E-state index in [9.17, 15) is 20.0 Å². The summed E-state index contributed by atoms with van der Waals surface area (Å²) in [6, 6.07) is 6.14. The summed E-state index contributed by atoms with van der Waals surface area (Å²) in [6.07, 6.45) is 1.52. The van der Waals surface area contributed by atoms with Crippen LogP contribution >= 0.6 is 11.8 Å². The fraction of sp³-hybridized carbons (Fsp3) is 0.500. The van der Waals surface area contributed by atoms with E-state index < -0.39 is 10.5 Å². The lowest BCUT2D eigenvalue weighted by molar-refractivity contribution is -0.384. The summed E-state index contributed by atoms with van der Waals surface area (Å²) < 4.78 is 0. The van der Waals surface area contributed by atoms with Crippen LogP contribution in [-0.2, 0) is 4.79 Å². The van der Waals surface area contributed by atoms with Gasteiger partial charge in [0, 0.05) is 30.1 Å². The highest BCUT2D eigenvalue weighted by Crippen LogP contribution is 2.24. The minimum Gasteiger partial charge on any atom is -0.388 e. The Kier molecular flexibility index (Phi) is 4.84. The largest absolute Gasteiger partial charge is 0.388 e. The lowest BCUT2D eigenvalue weighted by Gasteiger charge is -2.36. The molecule has 1 aromatic carbocycles. The van der Waals surface area contributed by atoms with E-state index in [1.165, 1.54) is 23.9 Å². The molecule has 6 nitrogen and oxygen atoms in total. The molecule has 0 saturated carbocycles. The molecular weight excluding hydrogens is 292 g/mol. The smallest absolute Gasteiger partial charge is 0.269 e. The molecule has 1 N–H and O–H groups in total. The average Bonchev–Trinajstić information content (AvgIpc) is 2.44. The number of nitrogens with zero attached hydrogens (tertiary/aromatic N) is 2. The number of likely N-dealkylation sites (tertiary alicyclic amines) is 1. The van der Waals surface area contributed by atoms with Gasteiger partial charge in [-0.1, -0.05) is 0 Å². The number of rotatable bonds is 4. The number of carbonyl (C=O) groups excluding carboxylic acids is 1. The van der Waals surface area contributed by atoms with E-state index in [-0.39, 0.29) is 17.3 Å². The minimum absolute atomic E-state index is 0.0154. The summed E-state index contributed by atoms with van der Waals surface area (Å²) in [4.78, 5) is 24.7. The van der Waals surface area contributed by atoms with Gasteiger partial charge in [-0.05, 0) is 31.9 Å². The van der Waals surface area contributed by atoms with Crippen LogP contribution in [0.2, 0.25) is 0 Å². The van der Waals surface area contributed by atoms with Gasteiger partial charge in [-0.25, -0.2) is 0 Å². The number of thioether (sulfide) groups is 1. The van der Waals surface area contributed by atoms with Crippen molar-refractivity contribution < 1.29 is 14.8 Å². The number of amides is 1. The van der Waals surface area contributed by atoms with Crippen molar-refractivity contribution in [1.29, 1.82) is 0 Å². The van der Waals surface area contributed by atoms with Gasteiger partial charge in [-0.15, -0.1) is 11.8 Å². The number of hydrogen-bond acceptors (Lipinski definition) is 5. The minimum atomic E-state index is -0.800. The van der Waals surface area contributed by atoms with Crippen LogP contribution < -0.4 is 0 Å². The second-order valence-electron chi connectivity index (χ2n) is 5.46. The van der Waals surface area contributed by atoms with Crippen molar-refractivity contribution in [3.63, 3.8) is 0 Å². The van der Waals surface area contributed by atoms with Gasteiger partial charge in [0.05, 0.1) is 16.3 Å². The molecule has 1 saturated heterocycles. The molecule has 0 spiro atoms. The molecule has 1 unspecified atom stereocenters. The Morgan fingerprint density at radius 3 is 2.71 bits per heavy atom. The fourth-order valence-corrected chi connectivity index (χ4v) is 3.13. The SMILES string of the molecule is CC1(O)CCCN(C(=O)CSc2ccc([N+](=O)[O-])cc2)C1. The molecule has 2 rings (SSSR count). The molecule has 0 aromatic heterocycles. The van der Waals surface area contributed by atoms with E-state index in [2.05, 4.69) is 0 Å². The number of aliphatic hydroxyl groups is 1. The molecule has 1 aliphatic heterocycles. The summed E-state index contributed by atoms with van der Waals surface area (Å²) in [5.74, 6) is 0.256. The molecule has 1 atom stereocenters. The lowest BCUT2D eigenvalue weighted by Crippen LogP contribution is -2.49. The molecule has 1 fully saturated rings. The van der Waals surface area contributed by atoms with Crippen LogP contribution in [0.5, 0.6) is 0 Å². The van der Waals surface area contributed by atoms with Crippen LogP contribution in [0.1, 0.15) is 19.8 Å². The Bertz CT molecular complexity index is 530. The lowest BCUT2D eigenvalue weighted by atomic mass is 9.95. The maximum Gasteiger partial charge on any atom is 0.269 e. The molecule has 0 aliphatic carbocycles. The Labute approximate surface area is 127 Å². The third kappa shape index (κ3) is 4.44. The van der Waals surface area contributed by atoms with E-state index in [4.69, 9.17) is 0 Å². The second-order valence-corrected chi connectivity index (χ2v) is 6.50. The van der Waals surface area contributed by atoms with E-state index in [1.54, 1.807) is 24.0 Å². The van der Waals surface area contributed by atoms with Crippen LogP contribution in [-0.4, -0.2) is 45.3 Å². The zero-order chi connectivity index (χ0) is 15.5. The van der Waals surface area contributed by atoms with Crippen LogP contribution in [0.4, 0.5) is 5.69 Å². The van der Waals surface area contributed by atoms with Gasteiger partial charge >= 0.3 is 0 Å². The van der Waals surface area contributed by atoms with E-state index >= 15 is 0 Å². The molecule has 21 heavy (non-hydrogen) atoms. The van der Waals surface area contributed by atoms with E-state index in [1.807, 2.05) is 0 Å². The van der Waals surface area contributed by atoms with Crippen molar-refractivity contribution in [3.05, 3.63) is 34.4 Å². The molecule has 1 amide bonds. The molecule has 1 heterocycles. The van der Waals surface area contributed by atoms with Crippen molar-refractivity contribution in [1.82, 2.24) is 4.90 Å². The van der Waals surface area contributed by atoms with Crippen molar-refractivity contribution >= 4 is 23.4 Å². The first-order valence-corrected chi connectivity index (χ1v) is 7.73. The zero-order valence-electron chi connectivity index (χ0n) is 11.8. The second kappa shape index (κ2) is 6.44. The van der Waals surface area contributed by atoms with Crippen molar-refractivity contribution in [2.45, 2.75) is 30.3 Å². The van der Waals surface area contributed by atoms with Crippen LogP contribution in [0.25, 0.3) is 0 Å². The Hall–Kier alpha value is -1.60. The summed E-state index contributed by atoms with van der Waals surface area (Å²) >= 11 is 1.35. The number of non-ortho nitro benzene ring substituents is 1. The van der Waals surface area contributed by atoms with Gasteiger partial charge in [0.1, 0.15) is 0 Å². The number of nitro benzene ring substituents is 1. The van der Waals surface area contributed by atoms with E-state index in [0.29, 0.717) is 19.5 Å². The fourth-order valence-electron chi connectivity index (χ4n) is 2.33. The quantitative estimate of drug-likeness (QED) is 0.523. The number of benzene rings is 1. The van der Waals surface area contributed by atoms with Crippen LogP contribution in [0.15, 0.2) is 29.2 Å². The van der Waals surface area contributed by atoms with Gasteiger partial charge in [0.15, 0.2) is 0 Å². The predicted molar refractivity (Wildman–Crippen MR) is 80.3 cm³/mol. The first kappa shape index (κ1) is 15.8. The van der Waals surface area contributed by atoms with Crippen molar-refractivity contribution in [2.24, 2.45) is 0 Å². The molecule has 114 valence electrons. The number of nitro groups is 1. The Balaban J connectivity index is 1.87. The van der Waals surface area contributed by atoms with Crippen LogP contribution in [0.3, 0.4) is 0 Å². The number of hydrogen-bond donors (Lipinski definition) is 1. The number of β-amino-alcohol motifs (C(OH)–C–C–N with tert-alkyl or cyclic N) is 1. The van der Waals surface area contributed by atoms with E-state index in [0.717, 1.165) is 11.3 Å². The molecular formula is C14H18N2O4S. The summed E-state index contributed by atoms with van der Waals surface area (Å²) in [6.45, 7) is 2.79. The maximum absolute atomic E-state index is 12.1. The molecule has 0 bridgehead atoms. The Morgan fingerprint density at radius 2 is 2.14 bits per heavy atom. The maximum atomic E-state index is 12.1. The normalized spacial score (nSPS) is 22.1. The highest BCUT2D eigenvalue weighted by atomic mass is 32.2. The van der Waals surface area contributed by atoms with Gasteiger partial charge in [-0.3, -0.25) is 14.9 Å². The molecule has 0 radical (unpaired) electrons. The van der Waals surface area contributed by atoms with Gasteiger partial charge in [0.2, 0.25) is 5.91 Å². The molecule has 1 aromatic rings. The summed E-state index contributed by atoms with van der Waals surface area (Å²) in [5.41, 5.74) is -0.760. The predicted octanol–water partition coefficient (Wildman–Crippen LogP) is 2.06. The highest BCUT2D eigenvalue weighted by molar-refractivity contribution is 8.00. The van der Waals surface area contributed by atoms with Crippen molar-refractivity contribution in [3.8, 4) is 0 Å². The third-order valence-electron chi connectivity index (χ3n) is 3.44. The van der Waals surface area contributed by atoms with Gasteiger partial charge in [-0.2, -0.15) is 0 Å². The standard InChI is InChI=1S/C14H18N2O4S/c1-14(18)7-2-8-15(10-14)13(17)9-21-12-5-3-11(4-6-12)16(19)20/h3-6,18H,2,7-10H2,1H3. The third-order valence-corrected chi connectivity index (χ3v) is 4.43.